The van der Waals surface area contributed by atoms with Gasteiger partial charge in [-0.2, -0.15) is 5.10 Å². The maximum atomic E-state index is 12.3. The molecule has 0 radical (unpaired) electrons. The molecule has 0 unspecified atom stereocenters. The van der Waals surface area contributed by atoms with E-state index in [1.807, 2.05) is 14.1 Å². The van der Waals surface area contributed by atoms with Gasteiger partial charge in [-0.1, -0.05) is 30.9 Å². The predicted octanol–water partition coefficient (Wildman–Crippen LogP) is 2.61. The molecule has 1 fully saturated rings. The predicted molar refractivity (Wildman–Crippen MR) is 71.3 cm³/mol. The highest BCUT2D eigenvalue weighted by molar-refractivity contribution is 6.31. The lowest BCUT2D eigenvalue weighted by molar-refractivity contribution is -0.135. The van der Waals surface area contributed by atoms with E-state index in [0.29, 0.717) is 11.6 Å². The molecule has 0 saturated heterocycles. The molecule has 100 valence electrons. The first-order valence-corrected chi connectivity index (χ1v) is 6.88. The molecule has 1 aromatic heterocycles. The molecule has 0 spiro atoms. The van der Waals surface area contributed by atoms with Crippen molar-refractivity contribution in [1.82, 2.24) is 14.7 Å². The number of rotatable bonds is 3. The first-order chi connectivity index (χ1) is 8.59. The summed E-state index contributed by atoms with van der Waals surface area (Å²) in [6.07, 6.45) is 7.30. The number of amides is 1. The van der Waals surface area contributed by atoms with Crippen molar-refractivity contribution in [2.45, 2.75) is 38.6 Å². The Kier molecular flexibility index (Phi) is 4.27. The Balaban J connectivity index is 1.98. The van der Waals surface area contributed by atoms with Crippen molar-refractivity contribution in [1.29, 1.82) is 0 Å². The van der Waals surface area contributed by atoms with Gasteiger partial charge in [0.25, 0.3) is 0 Å². The van der Waals surface area contributed by atoms with E-state index in [-0.39, 0.29) is 11.8 Å². The number of carbonyl (C=O) groups excluding carboxylic acids is 1. The molecule has 0 N–H and O–H groups in total. The van der Waals surface area contributed by atoms with E-state index in [0.717, 1.165) is 18.5 Å². The van der Waals surface area contributed by atoms with Crippen molar-refractivity contribution in [2.24, 2.45) is 13.0 Å². The Hall–Kier alpha value is -1.03. The fourth-order valence-corrected chi connectivity index (χ4v) is 2.80. The van der Waals surface area contributed by atoms with Crippen molar-refractivity contribution >= 4 is 17.5 Å². The summed E-state index contributed by atoms with van der Waals surface area (Å²) in [5.41, 5.74) is 0.892. The minimum absolute atomic E-state index is 0.204. The number of aryl methyl sites for hydroxylation is 1. The monoisotopic (exact) mass is 269 g/mol. The largest absolute Gasteiger partial charge is 0.340 e. The molecule has 1 aliphatic rings. The summed E-state index contributed by atoms with van der Waals surface area (Å²) in [5, 5.41) is 4.71. The van der Waals surface area contributed by atoms with Gasteiger partial charge in [0.15, 0.2) is 0 Å². The smallest absolute Gasteiger partial charge is 0.225 e. The van der Waals surface area contributed by atoms with Crippen molar-refractivity contribution in [3.05, 3.63) is 16.9 Å². The maximum absolute atomic E-state index is 12.3. The molecular weight excluding hydrogens is 250 g/mol. The summed E-state index contributed by atoms with van der Waals surface area (Å²) >= 11 is 6.06. The van der Waals surface area contributed by atoms with Crippen molar-refractivity contribution < 1.29 is 4.79 Å². The fraction of sp³-hybridized carbons (Fsp3) is 0.692. The Bertz CT molecular complexity index is 404. The number of carbonyl (C=O) groups is 1. The Morgan fingerprint density at radius 2 is 2.17 bits per heavy atom. The maximum Gasteiger partial charge on any atom is 0.225 e. The fourth-order valence-electron chi connectivity index (χ4n) is 2.58. The number of hydrogen-bond acceptors (Lipinski definition) is 2. The Labute approximate surface area is 113 Å². The van der Waals surface area contributed by atoms with E-state index in [1.54, 1.807) is 15.8 Å². The molecule has 1 aromatic rings. The van der Waals surface area contributed by atoms with Gasteiger partial charge in [0.1, 0.15) is 0 Å². The van der Waals surface area contributed by atoms with Gasteiger partial charge < -0.3 is 4.90 Å². The van der Waals surface area contributed by atoms with Crippen molar-refractivity contribution in [2.75, 3.05) is 7.05 Å². The molecule has 1 amide bonds. The molecule has 1 saturated carbocycles. The van der Waals surface area contributed by atoms with E-state index >= 15 is 0 Å². The molecule has 0 aromatic carbocycles. The molecular formula is C13H20ClN3O. The van der Waals surface area contributed by atoms with Crippen molar-refractivity contribution in [3.8, 4) is 0 Å². The quantitative estimate of drug-likeness (QED) is 0.846. The van der Waals surface area contributed by atoms with Crippen LogP contribution in [0.1, 0.15) is 37.8 Å². The van der Waals surface area contributed by atoms with E-state index in [2.05, 4.69) is 5.10 Å². The third kappa shape index (κ3) is 2.86. The Morgan fingerprint density at radius 3 is 2.72 bits per heavy atom. The summed E-state index contributed by atoms with van der Waals surface area (Å²) in [6, 6.07) is 0. The summed E-state index contributed by atoms with van der Waals surface area (Å²) in [5.74, 6) is 0.447. The van der Waals surface area contributed by atoms with Gasteiger partial charge in [-0.25, -0.2) is 0 Å². The van der Waals surface area contributed by atoms with Crippen molar-refractivity contribution in [3.63, 3.8) is 0 Å². The van der Waals surface area contributed by atoms with Crippen LogP contribution in [0.5, 0.6) is 0 Å². The minimum atomic E-state index is 0.204. The lowest BCUT2D eigenvalue weighted by atomic mass is 9.88. The molecule has 0 aliphatic heterocycles. The molecule has 1 aliphatic carbocycles. The van der Waals surface area contributed by atoms with Crippen LogP contribution < -0.4 is 0 Å². The van der Waals surface area contributed by atoms with Crippen LogP contribution in [0.25, 0.3) is 0 Å². The first-order valence-electron chi connectivity index (χ1n) is 6.51. The van der Waals surface area contributed by atoms with Crippen LogP contribution in [-0.2, 0) is 18.4 Å². The number of hydrogen-bond donors (Lipinski definition) is 0. The summed E-state index contributed by atoms with van der Waals surface area (Å²) in [6.45, 7) is 0.532. The molecule has 0 bridgehead atoms. The van der Waals surface area contributed by atoms with Gasteiger partial charge in [0.2, 0.25) is 5.91 Å². The highest BCUT2D eigenvalue weighted by atomic mass is 35.5. The lowest BCUT2D eigenvalue weighted by Gasteiger charge is -2.26. The van der Waals surface area contributed by atoms with E-state index in [9.17, 15) is 4.79 Å². The normalized spacial score (nSPS) is 16.8. The SMILES string of the molecule is CN(Cc1c(Cl)cnn1C)C(=O)C1CCCCC1. The second-order valence-electron chi connectivity index (χ2n) is 5.09. The lowest BCUT2D eigenvalue weighted by Crippen LogP contribution is -2.34. The van der Waals surface area contributed by atoms with E-state index < -0.39 is 0 Å². The van der Waals surface area contributed by atoms with Gasteiger partial charge in [-0.15, -0.1) is 0 Å². The molecule has 5 heteroatoms. The van der Waals surface area contributed by atoms with Crippen LogP contribution in [-0.4, -0.2) is 27.6 Å². The molecule has 18 heavy (non-hydrogen) atoms. The average molecular weight is 270 g/mol. The van der Waals surface area contributed by atoms with E-state index in [4.69, 9.17) is 11.6 Å². The van der Waals surface area contributed by atoms with Crippen LogP contribution >= 0.6 is 11.6 Å². The van der Waals surface area contributed by atoms with Gasteiger partial charge in [0.05, 0.1) is 23.5 Å². The number of halogens is 1. The standard InChI is InChI=1S/C13H20ClN3O/c1-16(9-12-11(14)8-15-17(12)2)13(18)10-6-4-3-5-7-10/h8,10H,3-7,9H2,1-2H3. The number of nitrogens with zero attached hydrogens (tertiary/aromatic N) is 3. The average Bonchev–Trinajstić information content (AvgIpc) is 2.70. The second kappa shape index (κ2) is 5.74. The summed E-state index contributed by atoms with van der Waals surface area (Å²) in [4.78, 5) is 14.1. The van der Waals surface area contributed by atoms with E-state index in [1.165, 1.54) is 19.3 Å². The molecule has 2 rings (SSSR count). The zero-order chi connectivity index (χ0) is 13.1. The van der Waals surface area contributed by atoms with Crippen LogP contribution in [0.3, 0.4) is 0 Å². The van der Waals surface area contributed by atoms with Gasteiger partial charge in [-0.05, 0) is 12.8 Å². The zero-order valence-corrected chi connectivity index (χ0v) is 11.8. The van der Waals surface area contributed by atoms with Gasteiger partial charge >= 0.3 is 0 Å². The zero-order valence-electron chi connectivity index (χ0n) is 11.0. The third-order valence-electron chi connectivity index (χ3n) is 3.73. The minimum Gasteiger partial charge on any atom is -0.340 e. The highest BCUT2D eigenvalue weighted by Gasteiger charge is 2.24. The van der Waals surface area contributed by atoms with Crippen LogP contribution in [0.2, 0.25) is 5.02 Å². The number of aromatic nitrogens is 2. The molecule has 1 heterocycles. The van der Waals surface area contributed by atoms with Crippen LogP contribution in [0, 0.1) is 5.92 Å². The topological polar surface area (TPSA) is 38.1 Å². The van der Waals surface area contributed by atoms with Crippen LogP contribution in [0.4, 0.5) is 0 Å². The first kappa shape index (κ1) is 13.4. The highest BCUT2D eigenvalue weighted by Crippen LogP contribution is 2.26. The summed E-state index contributed by atoms with van der Waals surface area (Å²) < 4.78 is 1.73. The second-order valence-corrected chi connectivity index (χ2v) is 5.50. The van der Waals surface area contributed by atoms with Crippen LogP contribution in [0.15, 0.2) is 6.20 Å². The summed E-state index contributed by atoms with van der Waals surface area (Å²) in [7, 11) is 3.69. The Morgan fingerprint density at radius 1 is 1.50 bits per heavy atom. The molecule has 4 nitrogen and oxygen atoms in total. The molecule has 0 atom stereocenters. The van der Waals surface area contributed by atoms with Gasteiger partial charge in [-0.3, -0.25) is 9.48 Å². The third-order valence-corrected chi connectivity index (χ3v) is 4.04. The van der Waals surface area contributed by atoms with Gasteiger partial charge in [0, 0.05) is 20.0 Å².